The van der Waals surface area contributed by atoms with Crippen molar-refractivity contribution in [2.75, 3.05) is 13.6 Å². The third-order valence-corrected chi connectivity index (χ3v) is 4.19. The lowest BCUT2D eigenvalue weighted by Crippen LogP contribution is -2.28. The van der Waals surface area contributed by atoms with Crippen LogP contribution in [0, 0.1) is 13.8 Å². The number of hydrogen-bond acceptors (Lipinski definition) is 3. The number of aromatic nitrogens is 1. The fourth-order valence-electron chi connectivity index (χ4n) is 2.85. The average molecular weight is 254 g/mol. The molecule has 0 N–H and O–H groups in total. The Labute approximate surface area is 113 Å². The first-order chi connectivity index (χ1) is 9.11. The van der Waals surface area contributed by atoms with Crippen LogP contribution in [0.4, 0.5) is 0 Å². The van der Waals surface area contributed by atoms with Gasteiger partial charge in [0.1, 0.15) is 0 Å². The van der Waals surface area contributed by atoms with E-state index in [9.17, 15) is 4.79 Å². The number of aryl methyl sites for hydroxylation is 2. The summed E-state index contributed by atoms with van der Waals surface area (Å²) in [7, 11) is 2.09. The van der Waals surface area contributed by atoms with Crippen molar-refractivity contribution in [3.05, 3.63) is 40.1 Å². The lowest BCUT2D eigenvalue weighted by molar-refractivity contribution is 0.112. The van der Waals surface area contributed by atoms with E-state index < -0.39 is 0 Å². The van der Waals surface area contributed by atoms with Gasteiger partial charge in [-0.2, -0.15) is 0 Å². The largest absolute Gasteiger partial charge is 0.302 e. The molecule has 0 saturated carbocycles. The molecule has 0 fully saturated rings. The summed E-state index contributed by atoms with van der Waals surface area (Å²) in [6.07, 6.45) is 1.92. The van der Waals surface area contributed by atoms with Crippen molar-refractivity contribution in [1.29, 1.82) is 0 Å². The number of rotatable bonds is 1. The standard InChI is InChI=1S/C16H18N2O/c1-10-4-5-12-14(9-19)13-8-18(3)7-6-15(13)17-16(12)11(10)2/h4-5,9H,6-8H2,1-3H3. The van der Waals surface area contributed by atoms with Crippen LogP contribution in [-0.2, 0) is 13.0 Å². The predicted molar refractivity (Wildman–Crippen MR) is 76.6 cm³/mol. The molecule has 1 aromatic heterocycles. The number of nitrogens with zero attached hydrogens (tertiary/aromatic N) is 2. The van der Waals surface area contributed by atoms with Gasteiger partial charge >= 0.3 is 0 Å². The summed E-state index contributed by atoms with van der Waals surface area (Å²) in [5, 5.41) is 0.993. The summed E-state index contributed by atoms with van der Waals surface area (Å²) in [6, 6.07) is 4.11. The molecule has 0 aliphatic carbocycles. The minimum atomic E-state index is 0.819. The van der Waals surface area contributed by atoms with Crippen LogP contribution in [0.2, 0.25) is 0 Å². The third-order valence-electron chi connectivity index (χ3n) is 4.19. The second kappa shape index (κ2) is 4.42. The van der Waals surface area contributed by atoms with E-state index >= 15 is 0 Å². The smallest absolute Gasteiger partial charge is 0.151 e. The average Bonchev–Trinajstić information content (AvgIpc) is 2.41. The maximum Gasteiger partial charge on any atom is 0.151 e. The topological polar surface area (TPSA) is 33.2 Å². The lowest BCUT2D eigenvalue weighted by Gasteiger charge is -2.26. The SMILES string of the molecule is Cc1ccc2c(C=O)c3c(nc2c1C)CCN(C)C3. The normalized spacial score (nSPS) is 15.5. The summed E-state index contributed by atoms with van der Waals surface area (Å²) < 4.78 is 0. The number of likely N-dealkylation sites (N-methyl/N-ethyl adjacent to an activating group) is 1. The summed E-state index contributed by atoms with van der Waals surface area (Å²) in [5.74, 6) is 0. The quantitative estimate of drug-likeness (QED) is 0.733. The van der Waals surface area contributed by atoms with Crippen molar-refractivity contribution < 1.29 is 4.79 Å². The van der Waals surface area contributed by atoms with Gasteiger partial charge in [-0.3, -0.25) is 9.78 Å². The van der Waals surface area contributed by atoms with Gasteiger partial charge in [0.25, 0.3) is 0 Å². The first kappa shape index (κ1) is 12.3. The van der Waals surface area contributed by atoms with Crippen LogP contribution in [0.25, 0.3) is 10.9 Å². The first-order valence-electron chi connectivity index (χ1n) is 6.67. The molecule has 0 bridgehead atoms. The van der Waals surface area contributed by atoms with Crippen LogP contribution in [-0.4, -0.2) is 29.8 Å². The highest BCUT2D eigenvalue weighted by molar-refractivity contribution is 5.99. The van der Waals surface area contributed by atoms with Crippen LogP contribution in [0.1, 0.15) is 32.7 Å². The van der Waals surface area contributed by atoms with Gasteiger partial charge in [0.05, 0.1) is 5.52 Å². The zero-order valence-electron chi connectivity index (χ0n) is 11.7. The molecule has 98 valence electrons. The van der Waals surface area contributed by atoms with E-state index in [4.69, 9.17) is 4.98 Å². The molecule has 2 aromatic rings. The fourth-order valence-corrected chi connectivity index (χ4v) is 2.85. The molecule has 1 aromatic carbocycles. The minimum Gasteiger partial charge on any atom is -0.302 e. The van der Waals surface area contributed by atoms with Crippen molar-refractivity contribution in [2.24, 2.45) is 0 Å². The van der Waals surface area contributed by atoms with Gasteiger partial charge in [-0.05, 0) is 37.6 Å². The number of hydrogen-bond donors (Lipinski definition) is 0. The van der Waals surface area contributed by atoms with Crippen LogP contribution < -0.4 is 0 Å². The molecule has 0 spiro atoms. The Balaban J connectivity index is 2.38. The van der Waals surface area contributed by atoms with E-state index in [1.54, 1.807) is 0 Å². The van der Waals surface area contributed by atoms with E-state index in [-0.39, 0.29) is 0 Å². The van der Waals surface area contributed by atoms with E-state index in [0.29, 0.717) is 0 Å². The molecule has 0 saturated heterocycles. The Morgan fingerprint density at radius 3 is 2.84 bits per heavy atom. The summed E-state index contributed by atoms with van der Waals surface area (Å²) in [4.78, 5) is 18.6. The lowest BCUT2D eigenvalue weighted by atomic mass is 9.94. The maximum atomic E-state index is 11.5. The fraction of sp³-hybridized carbons (Fsp3) is 0.375. The number of aldehydes is 1. The highest BCUT2D eigenvalue weighted by Gasteiger charge is 2.21. The zero-order valence-corrected chi connectivity index (χ0v) is 11.7. The van der Waals surface area contributed by atoms with Crippen LogP contribution in [0.5, 0.6) is 0 Å². The molecule has 19 heavy (non-hydrogen) atoms. The van der Waals surface area contributed by atoms with Crippen molar-refractivity contribution >= 4 is 17.2 Å². The molecule has 3 nitrogen and oxygen atoms in total. The number of benzene rings is 1. The highest BCUT2D eigenvalue weighted by Crippen LogP contribution is 2.29. The summed E-state index contributed by atoms with van der Waals surface area (Å²) in [6.45, 7) is 6.00. The second-order valence-electron chi connectivity index (χ2n) is 5.46. The summed E-state index contributed by atoms with van der Waals surface area (Å²) >= 11 is 0. The molecular weight excluding hydrogens is 236 g/mol. The van der Waals surface area contributed by atoms with Crippen LogP contribution in [0.15, 0.2) is 12.1 Å². The van der Waals surface area contributed by atoms with Crippen molar-refractivity contribution in [3.63, 3.8) is 0 Å². The third kappa shape index (κ3) is 1.85. The van der Waals surface area contributed by atoms with E-state index in [1.807, 2.05) is 6.07 Å². The number of carbonyl (C=O) groups excluding carboxylic acids is 1. The van der Waals surface area contributed by atoms with Crippen molar-refractivity contribution in [3.8, 4) is 0 Å². The number of fused-ring (bicyclic) bond motifs is 2. The molecule has 1 aliphatic heterocycles. The van der Waals surface area contributed by atoms with Gasteiger partial charge in [0.2, 0.25) is 0 Å². The molecule has 0 unspecified atom stereocenters. The maximum absolute atomic E-state index is 11.5. The van der Waals surface area contributed by atoms with Crippen LogP contribution in [0.3, 0.4) is 0 Å². The number of carbonyl (C=O) groups is 1. The Bertz CT molecular complexity index is 676. The Morgan fingerprint density at radius 2 is 2.11 bits per heavy atom. The van der Waals surface area contributed by atoms with Gasteiger partial charge in [-0.1, -0.05) is 12.1 Å². The van der Waals surface area contributed by atoms with Gasteiger partial charge in [-0.15, -0.1) is 0 Å². The Hall–Kier alpha value is -1.74. The highest BCUT2D eigenvalue weighted by atomic mass is 16.1. The second-order valence-corrected chi connectivity index (χ2v) is 5.46. The minimum absolute atomic E-state index is 0.819. The molecule has 0 atom stereocenters. The number of pyridine rings is 1. The monoisotopic (exact) mass is 254 g/mol. The van der Waals surface area contributed by atoms with Gasteiger partial charge in [-0.25, -0.2) is 0 Å². The molecule has 1 aliphatic rings. The van der Waals surface area contributed by atoms with Gasteiger partial charge in [0.15, 0.2) is 6.29 Å². The molecule has 0 radical (unpaired) electrons. The van der Waals surface area contributed by atoms with E-state index in [1.165, 1.54) is 11.1 Å². The molecular formula is C16H18N2O. The van der Waals surface area contributed by atoms with Gasteiger partial charge < -0.3 is 4.90 Å². The Kier molecular flexibility index (Phi) is 2.86. The molecule has 0 amide bonds. The van der Waals surface area contributed by atoms with E-state index in [2.05, 4.69) is 31.9 Å². The zero-order chi connectivity index (χ0) is 13.6. The Morgan fingerprint density at radius 1 is 1.32 bits per heavy atom. The molecule has 2 heterocycles. The van der Waals surface area contributed by atoms with Crippen LogP contribution >= 0.6 is 0 Å². The van der Waals surface area contributed by atoms with E-state index in [0.717, 1.165) is 53.5 Å². The molecule has 3 rings (SSSR count). The van der Waals surface area contributed by atoms with Gasteiger partial charge in [0, 0.05) is 36.2 Å². The summed E-state index contributed by atoms with van der Waals surface area (Å²) in [5.41, 5.74) is 6.44. The first-order valence-corrected chi connectivity index (χ1v) is 6.67. The predicted octanol–water partition coefficient (Wildman–Crippen LogP) is 2.65. The van der Waals surface area contributed by atoms with Crippen molar-refractivity contribution in [2.45, 2.75) is 26.8 Å². The molecule has 3 heteroatoms. The van der Waals surface area contributed by atoms with Crippen molar-refractivity contribution in [1.82, 2.24) is 9.88 Å².